The summed E-state index contributed by atoms with van der Waals surface area (Å²) < 4.78 is 0. The highest BCUT2D eigenvalue weighted by Crippen LogP contribution is 2.32. The van der Waals surface area contributed by atoms with Crippen LogP contribution in [0.2, 0.25) is 0 Å². The van der Waals surface area contributed by atoms with Gasteiger partial charge < -0.3 is 5.32 Å². The van der Waals surface area contributed by atoms with Crippen molar-refractivity contribution in [3.63, 3.8) is 0 Å². The monoisotopic (exact) mass is 258 g/mol. The van der Waals surface area contributed by atoms with Crippen molar-refractivity contribution < 1.29 is 0 Å². The molecule has 16 heavy (non-hydrogen) atoms. The molecule has 0 saturated carbocycles. The van der Waals surface area contributed by atoms with E-state index >= 15 is 0 Å². The molecule has 88 valence electrons. The highest BCUT2D eigenvalue weighted by Gasteiger charge is 2.28. The van der Waals surface area contributed by atoms with E-state index in [4.69, 9.17) is 0 Å². The topological polar surface area (TPSA) is 24.9 Å². The van der Waals surface area contributed by atoms with Crippen molar-refractivity contribution in [2.45, 2.75) is 18.9 Å². The van der Waals surface area contributed by atoms with Crippen LogP contribution in [0.4, 0.5) is 0 Å². The Kier molecular flexibility index (Phi) is 4.78. The van der Waals surface area contributed by atoms with Gasteiger partial charge in [0.2, 0.25) is 0 Å². The van der Waals surface area contributed by atoms with Gasteiger partial charge >= 0.3 is 0 Å². The zero-order valence-electron chi connectivity index (χ0n) is 8.93. The van der Waals surface area contributed by atoms with Gasteiger partial charge in [0, 0.05) is 25.0 Å². The molecule has 2 heterocycles. The molecule has 1 fully saturated rings. The van der Waals surface area contributed by atoms with Gasteiger partial charge in [0.15, 0.2) is 0 Å². The summed E-state index contributed by atoms with van der Waals surface area (Å²) in [6, 6.07) is 4.88. The lowest BCUT2D eigenvalue weighted by Crippen LogP contribution is -2.21. The van der Waals surface area contributed by atoms with Gasteiger partial charge in [-0.3, -0.25) is 4.98 Å². The van der Waals surface area contributed by atoms with E-state index in [1.807, 2.05) is 18.5 Å². The molecule has 0 spiro atoms. The number of hydrogen-bond donors (Lipinski definition) is 1. The van der Waals surface area contributed by atoms with Gasteiger partial charge in [0.05, 0.1) is 0 Å². The highest BCUT2D eigenvalue weighted by molar-refractivity contribution is 5.85. The molecule has 1 aliphatic heterocycles. The molecular formula is C12H16Cl2N2. The van der Waals surface area contributed by atoms with Crippen molar-refractivity contribution in [2.75, 3.05) is 6.54 Å². The van der Waals surface area contributed by atoms with E-state index in [0.717, 1.165) is 12.5 Å². The van der Waals surface area contributed by atoms with E-state index in [0.29, 0.717) is 6.04 Å². The highest BCUT2D eigenvalue weighted by atomic mass is 35.5. The third-order valence-corrected chi connectivity index (χ3v) is 3.19. The number of rotatable bonds is 1. The van der Waals surface area contributed by atoms with E-state index in [-0.39, 0.29) is 24.8 Å². The first-order valence-corrected chi connectivity index (χ1v) is 5.26. The van der Waals surface area contributed by atoms with Crippen LogP contribution in [0.1, 0.15) is 18.4 Å². The van der Waals surface area contributed by atoms with E-state index in [1.165, 1.54) is 24.0 Å². The maximum Gasteiger partial charge on any atom is 0.0342 e. The van der Waals surface area contributed by atoms with Crippen LogP contribution in [0.15, 0.2) is 30.6 Å². The number of nitrogens with one attached hydrogen (secondary N) is 1. The molecule has 1 aromatic heterocycles. The average Bonchev–Trinajstić information content (AvgIpc) is 2.59. The number of nitrogens with zero attached hydrogens (tertiary/aromatic N) is 1. The zero-order chi connectivity index (χ0) is 9.38. The first kappa shape index (κ1) is 13.5. The van der Waals surface area contributed by atoms with Crippen LogP contribution in [0.25, 0.3) is 5.57 Å². The van der Waals surface area contributed by atoms with Crippen molar-refractivity contribution >= 4 is 30.4 Å². The van der Waals surface area contributed by atoms with Crippen molar-refractivity contribution in [3.05, 3.63) is 36.2 Å². The van der Waals surface area contributed by atoms with Crippen molar-refractivity contribution in [1.82, 2.24) is 10.3 Å². The Balaban J connectivity index is 0.000000640. The summed E-state index contributed by atoms with van der Waals surface area (Å²) in [4.78, 5) is 4.17. The number of fused-ring (bicyclic) bond motifs is 2. The molecule has 2 aliphatic rings. The third-order valence-electron chi connectivity index (χ3n) is 3.19. The molecule has 2 nitrogen and oxygen atoms in total. The minimum absolute atomic E-state index is 0. The van der Waals surface area contributed by atoms with E-state index in [1.54, 1.807) is 0 Å². The summed E-state index contributed by atoms with van der Waals surface area (Å²) >= 11 is 0. The molecule has 2 unspecified atom stereocenters. The van der Waals surface area contributed by atoms with Crippen LogP contribution >= 0.6 is 24.8 Å². The fourth-order valence-corrected chi connectivity index (χ4v) is 2.52. The summed E-state index contributed by atoms with van der Waals surface area (Å²) in [6.45, 7) is 1.16. The lowest BCUT2D eigenvalue weighted by molar-refractivity contribution is 0.596. The van der Waals surface area contributed by atoms with Crippen molar-refractivity contribution in [2.24, 2.45) is 5.92 Å². The minimum Gasteiger partial charge on any atom is -0.313 e. The van der Waals surface area contributed by atoms with Crippen molar-refractivity contribution in [1.29, 1.82) is 0 Å². The Morgan fingerprint density at radius 2 is 2.19 bits per heavy atom. The smallest absolute Gasteiger partial charge is 0.0342 e. The summed E-state index contributed by atoms with van der Waals surface area (Å²) in [5.41, 5.74) is 2.77. The second-order valence-corrected chi connectivity index (χ2v) is 4.24. The van der Waals surface area contributed by atoms with Gasteiger partial charge in [-0.15, -0.1) is 24.8 Å². The first-order chi connectivity index (χ1) is 6.92. The van der Waals surface area contributed by atoms with Gasteiger partial charge in [-0.1, -0.05) is 12.1 Å². The molecule has 4 heteroatoms. The molecule has 1 aromatic rings. The van der Waals surface area contributed by atoms with Gasteiger partial charge in [0.1, 0.15) is 0 Å². The summed E-state index contributed by atoms with van der Waals surface area (Å²) in [7, 11) is 0. The average molecular weight is 259 g/mol. The lowest BCUT2D eigenvalue weighted by Gasteiger charge is -2.18. The molecule has 0 aromatic carbocycles. The van der Waals surface area contributed by atoms with Crippen LogP contribution in [0, 0.1) is 5.92 Å². The second-order valence-electron chi connectivity index (χ2n) is 4.24. The summed E-state index contributed by atoms with van der Waals surface area (Å²) in [5.74, 6) is 0.754. The Morgan fingerprint density at radius 3 is 2.88 bits per heavy atom. The van der Waals surface area contributed by atoms with Gasteiger partial charge in [-0.2, -0.15) is 0 Å². The van der Waals surface area contributed by atoms with Crippen molar-refractivity contribution in [3.8, 4) is 0 Å². The van der Waals surface area contributed by atoms with Crippen LogP contribution in [0.3, 0.4) is 0 Å². The first-order valence-electron chi connectivity index (χ1n) is 5.26. The Bertz CT molecular complexity index is 365. The zero-order valence-corrected chi connectivity index (χ0v) is 10.6. The largest absolute Gasteiger partial charge is 0.313 e. The Hall–Kier alpha value is -0.570. The minimum atomic E-state index is 0. The SMILES string of the molecule is C1=C(c2cccnc2)CC2CC1CN2.Cl.Cl. The molecule has 0 amide bonds. The summed E-state index contributed by atoms with van der Waals surface area (Å²) in [5, 5.41) is 3.55. The molecular weight excluding hydrogens is 243 g/mol. The van der Waals surface area contributed by atoms with E-state index < -0.39 is 0 Å². The molecule has 3 rings (SSSR count). The predicted molar refractivity (Wildman–Crippen MR) is 71.2 cm³/mol. The molecule has 1 saturated heterocycles. The normalized spacial score (nSPS) is 26.4. The Morgan fingerprint density at radius 1 is 1.31 bits per heavy atom. The van der Waals surface area contributed by atoms with Crippen LogP contribution < -0.4 is 5.32 Å². The van der Waals surface area contributed by atoms with Gasteiger partial charge in [0.25, 0.3) is 0 Å². The number of hydrogen-bond acceptors (Lipinski definition) is 2. The fraction of sp³-hybridized carbons (Fsp3) is 0.417. The maximum absolute atomic E-state index is 4.17. The Labute approximate surface area is 108 Å². The second kappa shape index (κ2) is 5.67. The lowest BCUT2D eigenvalue weighted by atomic mass is 9.88. The molecule has 2 atom stereocenters. The number of halogens is 2. The van der Waals surface area contributed by atoms with E-state index in [9.17, 15) is 0 Å². The molecule has 0 radical (unpaired) electrons. The fourth-order valence-electron chi connectivity index (χ4n) is 2.52. The predicted octanol–water partition coefficient (Wildman–Crippen LogP) is 2.69. The molecule has 2 bridgehead atoms. The molecule has 1 aliphatic carbocycles. The third kappa shape index (κ3) is 2.57. The van der Waals surface area contributed by atoms with Crippen LogP contribution in [-0.4, -0.2) is 17.6 Å². The quantitative estimate of drug-likeness (QED) is 0.838. The summed E-state index contributed by atoms with van der Waals surface area (Å²) in [6.07, 6.45) is 8.72. The molecule has 1 N–H and O–H groups in total. The van der Waals surface area contributed by atoms with Gasteiger partial charge in [-0.25, -0.2) is 0 Å². The van der Waals surface area contributed by atoms with E-state index in [2.05, 4.69) is 22.4 Å². The number of pyridine rings is 1. The van der Waals surface area contributed by atoms with Crippen LogP contribution in [0.5, 0.6) is 0 Å². The maximum atomic E-state index is 4.17. The van der Waals surface area contributed by atoms with Gasteiger partial charge in [-0.05, 0) is 36.0 Å². The standard InChI is InChI=1S/C12H14N2.2ClH/c1-2-10(8-13-3-1)11-4-9-5-12(6-11)14-7-9;;/h1-4,8-9,12,14H,5-7H2;2*1H. The number of aromatic nitrogens is 1. The van der Waals surface area contributed by atoms with Crippen LogP contribution in [-0.2, 0) is 0 Å².